The van der Waals surface area contributed by atoms with Gasteiger partial charge in [0.05, 0.1) is 18.4 Å². The number of alkyl carbamates (subject to hydrolysis) is 1. The number of carbonyl (C=O) groups excluding carboxylic acids is 3. The third-order valence-corrected chi connectivity index (χ3v) is 3.68. The molecular formula is C16H26N2O7. The van der Waals surface area contributed by atoms with Crippen LogP contribution < -0.4 is 5.32 Å². The molecule has 142 valence electrons. The zero-order valence-corrected chi connectivity index (χ0v) is 15.4. The number of carbonyl (C=O) groups is 4. The molecule has 4 unspecified atom stereocenters. The Morgan fingerprint density at radius 1 is 1.16 bits per heavy atom. The van der Waals surface area contributed by atoms with Crippen molar-refractivity contribution in [2.75, 3.05) is 20.7 Å². The minimum atomic E-state index is -1.43. The predicted molar refractivity (Wildman–Crippen MR) is 86.6 cm³/mol. The first kappa shape index (κ1) is 20.7. The van der Waals surface area contributed by atoms with Gasteiger partial charge in [0.2, 0.25) is 5.91 Å². The fourth-order valence-corrected chi connectivity index (χ4v) is 2.66. The summed E-state index contributed by atoms with van der Waals surface area (Å²) in [6.07, 6.45) is -0.925. The Labute approximate surface area is 146 Å². The van der Waals surface area contributed by atoms with Crippen molar-refractivity contribution in [3.63, 3.8) is 0 Å². The van der Waals surface area contributed by atoms with Gasteiger partial charge >= 0.3 is 18.0 Å². The lowest BCUT2D eigenvalue weighted by molar-refractivity contribution is -0.147. The van der Waals surface area contributed by atoms with Gasteiger partial charge in [0.1, 0.15) is 11.6 Å². The van der Waals surface area contributed by atoms with Crippen LogP contribution in [0.2, 0.25) is 0 Å². The number of carboxylic acids is 1. The Kier molecular flexibility index (Phi) is 6.39. The van der Waals surface area contributed by atoms with Crippen molar-refractivity contribution in [3.8, 4) is 0 Å². The zero-order valence-electron chi connectivity index (χ0n) is 15.4. The monoisotopic (exact) mass is 358 g/mol. The van der Waals surface area contributed by atoms with Crippen LogP contribution in [0.1, 0.15) is 27.7 Å². The Morgan fingerprint density at radius 2 is 1.72 bits per heavy atom. The van der Waals surface area contributed by atoms with Gasteiger partial charge in [0, 0.05) is 20.0 Å². The normalized spacial score (nSPS) is 23.2. The Balaban J connectivity index is 2.99. The van der Waals surface area contributed by atoms with E-state index in [-0.39, 0.29) is 12.5 Å². The molecule has 25 heavy (non-hydrogen) atoms. The van der Waals surface area contributed by atoms with Gasteiger partial charge in [-0.3, -0.25) is 9.59 Å². The van der Waals surface area contributed by atoms with E-state index in [0.29, 0.717) is 0 Å². The van der Waals surface area contributed by atoms with Gasteiger partial charge in [0.15, 0.2) is 0 Å². The Hall–Kier alpha value is -2.32. The number of esters is 1. The summed E-state index contributed by atoms with van der Waals surface area (Å²) in [5.41, 5.74) is -0.809. The number of ether oxygens (including phenoxy) is 2. The topological polar surface area (TPSA) is 122 Å². The lowest BCUT2D eigenvalue weighted by Gasteiger charge is -2.22. The van der Waals surface area contributed by atoms with E-state index in [1.807, 2.05) is 0 Å². The number of carboxylic acid groups (broad SMARTS) is 1. The number of aliphatic carboxylic acids is 1. The van der Waals surface area contributed by atoms with E-state index in [4.69, 9.17) is 9.47 Å². The van der Waals surface area contributed by atoms with E-state index in [2.05, 4.69) is 5.32 Å². The summed E-state index contributed by atoms with van der Waals surface area (Å²) in [6, 6.07) is -1.43. The van der Waals surface area contributed by atoms with Crippen LogP contribution in [0, 0.1) is 17.8 Å². The summed E-state index contributed by atoms with van der Waals surface area (Å²) in [5.74, 6) is -5.04. The molecule has 1 aliphatic carbocycles. The van der Waals surface area contributed by atoms with Crippen LogP contribution >= 0.6 is 0 Å². The van der Waals surface area contributed by atoms with E-state index >= 15 is 0 Å². The molecule has 9 heteroatoms. The van der Waals surface area contributed by atoms with Crippen molar-refractivity contribution in [3.05, 3.63) is 0 Å². The Morgan fingerprint density at radius 3 is 2.12 bits per heavy atom. The first-order valence-corrected chi connectivity index (χ1v) is 8.00. The van der Waals surface area contributed by atoms with Gasteiger partial charge in [-0.05, 0) is 27.7 Å². The average Bonchev–Trinajstić information content (AvgIpc) is 3.16. The highest BCUT2D eigenvalue weighted by Crippen LogP contribution is 2.50. The molecule has 0 aromatic carbocycles. The molecule has 2 amide bonds. The van der Waals surface area contributed by atoms with E-state index in [0.717, 1.165) is 0 Å². The van der Waals surface area contributed by atoms with E-state index < -0.39 is 47.4 Å². The van der Waals surface area contributed by atoms with Crippen molar-refractivity contribution in [1.29, 1.82) is 0 Å². The summed E-state index contributed by atoms with van der Waals surface area (Å²) in [7, 11) is 3.02. The molecule has 1 fully saturated rings. The lowest BCUT2D eigenvalue weighted by Crippen LogP contribution is -2.46. The second-order valence-corrected chi connectivity index (χ2v) is 7.08. The smallest absolute Gasteiger partial charge is 0.408 e. The maximum absolute atomic E-state index is 12.3. The summed E-state index contributed by atoms with van der Waals surface area (Å²) >= 11 is 0. The zero-order chi connectivity index (χ0) is 19.5. The molecule has 2 N–H and O–H groups in total. The third-order valence-electron chi connectivity index (χ3n) is 3.68. The SMILES string of the molecule is CCOC(=O)C1C(C(=O)N(C)C)C1C(NC(=O)OC(C)(C)C)C(=O)O. The quantitative estimate of drug-likeness (QED) is 0.662. The molecule has 1 rings (SSSR count). The maximum Gasteiger partial charge on any atom is 0.408 e. The van der Waals surface area contributed by atoms with Crippen molar-refractivity contribution < 1.29 is 33.8 Å². The van der Waals surface area contributed by atoms with E-state index in [9.17, 15) is 24.3 Å². The van der Waals surface area contributed by atoms with Crippen LogP contribution in [0.15, 0.2) is 0 Å². The molecular weight excluding hydrogens is 332 g/mol. The van der Waals surface area contributed by atoms with Gasteiger partial charge in [0.25, 0.3) is 0 Å². The molecule has 9 nitrogen and oxygen atoms in total. The molecule has 0 saturated heterocycles. The van der Waals surface area contributed by atoms with Crippen molar-refractivity contribution in [1.82, 2.24) is 10.2 Å². The van der Waals surface area contributed by atoms with Crippen LogP contribution in [0.25, 0.3) is 0 Å². The third kappa shape index (κ3) is 5.33. The largest absolute Gasteiger partial charge is 0.480 e. The summed E-state index contributed by atoms with van der Waals surface area (Å²) in [6.45, 7) is 6.64. The van der Waals surface area contributed by atoms with Crippen LogP contribution in [-0.4, -0.2) is 66.3 Å². The van der Waals surface area contributed by atoms with E-state index in [1.165, 1.54) is 19.0 Å². The molecule has 0 radical (unpaired) electrons. The van der Waals surface area contributed by atoms with Gasteiger partial charge in [-0.25, -0.2) is 9.59 Å². The number of amides is 2. The van der Waals surface area contributed by atoms with Gasteiger partial charge in [-0.2, -0.15) is 0 Å². The van der Waals surface area contributed by atoms with Gasteiger partial charge < -0.3 is 24.8 Å². The van der Waals surface area contributed by atoms with Crippen molar-refractivity contribution in [2.24, 2.45) is 17.8 Å². The second-order valence-electron chi connectivity index (χ2n) is 7.08. The number of hydrogen-bond acceptors (Lipinski definition) is 6. The number of nitrogens with zero attached hydrogens (tertiary/aromatic N) is 1. The van der Waals surface area contributed by atoms with Crippen molar-refractivity contribution >= 4 is 23.9 Å². The lowest BCUT2D eigenvalue weighted by atomic mass is 10.1. The highest BCUT2D eigenvalue weighted by atomic mass is 16.6. The molecule has 0 spiro atoms. The second kappa shape index (κ2) is 7.71. The molecule has 4 atom stereocenters. The molecule has 0 aromatic heterocycles. The predicted octanol–water partition coefficient (Wildman–Crippen LogP) is 0.478. The fraction of sp³-hybridized carbons (Fsp3) is 0.750. The number of nitrogens with one attached hydrogen (secondary N) is 1. The fourth-order valence-electron chi connectivity index (χ4n) is 2.66. The first-order chi connectivity index (χ1) is 11.4. The number of hydrogen-bond donors (Lipinski definition) is 2. The summed E-state index contributed by atoms with van der Waals surface area (Å²) in [4.78, 5) is 49.1. The average molecular weight is 358 g/mol. The van der Waals surface area contributed by atoms with Crippen LogP contribution in [0.4, 0.5) is 4.79 Å². The minimum Gasteiger partial charge on any atom is -0.480 e. The highest BCUT2D eigenvalue weighted by Gasteiger charge is 2.65. The summed E-state index contributed by atoms with van der Waals surface area (Å²) < 4.78 is 9.98. The highest BCUT2D eigenvalue weighted by molar-refractivity contribution is 5.94. The van der Waals surface area contributed by atoms with Crippen LogP contribution in [0.5, 0.6) is 0 Å². The van der Waals surface area contributed by atoms with Gasteiger partial charge in [-0.1, -0.05) is 0 Å². The standard InChI is InChI=1S/C16H26N2O7/c1-7-24-14(22)10-8(9(10)12(19)18(5)6)11(13(20)21)17-15(23)25-16(2,3)4/h8-11H,7H2,1-6H3,(H,17,23)(H,20,21). The molecule has 1 aliphatic rings. The molecule has 0 aromatic rings. The van der Waals surface area contributed by atoms with E-state index in [1.54, 1.807) is 27.7 Å². The minimum absolute atomic E-state index is 0.113. The molecule has 1 saturated carbocycles. The number of rotatable bonds is 6. The van der Waals surface area contributed by atoms with Gasteiger partial charge in [-0.15, -0.1) is 0 Å². The first-order valence-electron chi connectivity index (χ1n) is 8.00. The molecule has 0 aliphatic heterocycles. The maximum atomic E-state index is 12.3. The molecule has 0 bridgehead atoms. The van der Waals surface area contributed by atoms with Crippen LogP contribution in [-0.2, 0) is 23.9 Å². The Bertz CT molecular complexity index is 553. The van der Waals surface area contributed by atoms with Crippen molar-refractivity contribution in [2.45, 2.75) is 39.3 Å². The summed E-state index contributed by atoms with van der Waals surface area (Å²) in [5, 5.41) is 11.7. The molecule has 0 heterocycles. The van der Waals surface area contributed by atoms with Crippen LogP contribution in [0.3, 0.4) is 0 Å².